The summed E-state index contributed by atoms with van der Waals surface area (Å²) in [6, 6.07) is 11.3. The molecular formula is C18H19FO2. The minimum Gasteiger partial charge on any atom is -0.396 e. The summed E-state index contributed by atoms with van der Waals surface area (Å²) in [5.41, 5.74) is 3.23. The van der Waals surface area contributed by atoms with E-state index in [1.807, 2.05) is 19.1 Å². The van der Waals surface area contributed by atoms with Crippen molar-refractivity contribution in [1.82, 2.24) is 0 Å². The highest BCUT2D eigenvalue weighted by molar-refractivity contribution is 6.10. The van der Waals surface area contributed by atoms with Gasteiger partial charge in [0.05, 0.1) is 0 Å². The largest absolute Gasteiger partial charge is 0.396 e. The fourth-order valence-corrected chi connectivity index (χ4v) is 2.38. The van der Waals surface area contributed by atoms with Crippen LogP contribution in [0.15, 0.2) is 42.5 Å². The van der Waals surface area contributed by atoms with Gasteiger partial charge in [-0.15, -0.1) is 0 Å². The van der Waals surface area contributed by atoms with Crippen LogP contribution >= 0.6 is 0 Å². The van der Waals surface area contributed by atoms with Crippen molar-refractivity contribution in [2.45, 2.75) is 26.2 Å². The van der Waals surface area contributed by atoms with Crippen molar-refractivity contribution < 1.29 is 14.3 Å². The zero-order valence-electron chi connectivity index (χ0n) is 12.1. The van der Waals surface area contributed by atoms with Crippen molar-refractivity contribution in [3.63, 3.8) is 0 Å². The molecule has 0 saturated carbocycles. The number of aliphatic hydroxyl groups excluding tert-OH is 1. The molecular weight excluding hydrogens is 267 g/mol. The fourth-order valence-electron chi connectivity index (χ4n) is 2.38. The van der Waals surface area contributed by atoms with Gasteiger partial charge in [-0.1, -0.05) is 18.2 Å². The van der Waals surface area contributed by atoms with Crippen LogP contribution in [-0.2, 0) is 6.42 Å². The third kappa shape index (κ3) is 3.76. The number of aryl methyl sites for hydroxylation is 1. The normalized spacial score (nSPS) is 10.6. The summed E-state index contributed by atoms with van der Waals surface area (Å²) in [7, 11) is 0. The summed E-state index contributed by atoms with van der Waals surface area (Å²) in [5, 5.41) is 8.84. The lowest BCUT2D eigenvalue weighted by Crippen LogP contribution is -2.06. The second-order valence-electron chi connectivity index (χ2n) is 5.11. The highest BCUT2D eigenvalue weighted by Gasteiger charge is 2.13. The Labute approximate surface area is 124 Å². The van der Waals surface area contributed by atoms with Crippen molar-refractivity contribution in [3.8, 4) is 0 Å². The maximum Gasteiger partial charge on any atom is 0.193 e. The molecule has 0 unspecified atom stereocenters. The van der Waals surface area contributed by atoms with Crippen molar-refractivity contribution in [3.05, 3.63) is 70.5 Å². The van der Waals surface area contributed by atoms with E-state index in [1.54, 1.807) is 6.07 Å². The molecule has 0 bridgehead atoms. The van der Waals surface area contributed by atoms with Crippen molar-refractivity contribution in [2.75, 3.05) is 6.61 Å². The van der Waals surface area contributed by atoms with Gasteiger partial charge in [0.25, 0.3) is 0 Å². The lowest BCUT2D eigenvalue weighted by Gasteiger charge is -2.10. The van der Waals surface area contributed by atoms with E-state index < -0.39 is 0 Å². The second kappa shape index (κ2) is 7.14. The maximum atomic E-state index is 12.9. The first kappa shape index (κ1) is 15.4. The second-order valence-corrected chi connectivity index (χ2v) is 5.11. The number of halogens is 1. The molecule has 110 valence electrons. The van der Waals surface area contributed by atoms with Crippen molar-refractivity contribution in [1.29, 1.82) is 0 Å². The minimum absolute atomic E-state index is 0.0866. The predicted molar refractivity (Wildman–Crippen MR) is 81.0 cm³/mol. The van der Waals surface area contributed by atoms with Gasteiger partial charge in [-0.3, -0.25) is 4.79 Å². The molecule has 0 spiro atoms. The van der Waals surface area contributed by atoms with Crippen LogP contribution in [0.3, 0.4) is 0 Å². The molecule has 2 aromatic rings. The van der Waals surface area contributed by atoms with E-state index in [0.717, 1.165) is 30.4 Å². The number of carbonyl (C=O) groups is 1. The Balaban J connectivity index is 2.25. The van der Waals surface area contributed by atoms with Crippen LogP contribution in [-0.4, -0.2) is 17.5 Å². The average molecular weight is 286 g/mol. The molecule has 2 nitrogen and oxygen atoms in total. The summed E-state index contributed by atoms with van der Waals surface area (Å²) in [4.78, 5) is 12.5. The van der Waals surface area contributed by atoms with E-state index in [-0.39, 0.29) is 18.2 Å². The summed E-state index contributed by atoms with van der Waals surface area (Å²) in [5.74, 6) is -0.433. The van der Waals surface area contributed by atoms with Gasteiger partial charge < -0.3 is 5.11 Å². The van der Waals surface area contributed by atoms with Crippen LogP contribution in [0.5, 0.6) is 0 Å². The van der Waals surface area contributed by atoms with Crippen LogP contribution in [0.4, 0.5) is 4.39 Å². The molecule has 2 rings (SSSR count). The maximum absolute atomic E-state index is 12.9. The van der Waals surface area contributed by atoms with E-state index in [2.05, 4.69) is 0 Å². The quantitative estimate of drug-likeness (QED) is 0.649. The van der Waals surface area contributed by atoms with Gasteiger partial charge in [-0.2, -0.15) is 0 Å². The summed E-state index contributed by atoms with van der Waals surface area (Å²) in [6.45, 7) is 2.12. The molecule has 3 heteroatoms. The third-order valence-electron chi connectivity index (χ3n) is 3.65. The first-order valence-electron chi connectivity index (χ1n) is 7.13. The van der Waals surface area contributed by atoms with Gasteiger partial charge in [0.2, 0.25) is 0 Å². The van der Waals surface area contributed by atoms with Gasteiger partial charge in [-0.05, 0) is 61.6 Å². The SMILES string of the molecule is Cc1c(CCCCO)cccc1C(=O)c1ccc(F)cc1. The average Bonchev–Trinajstić information content (AvgIpc) is 2.49. The molecule has 0 atom stereocenters. The third-order valence-corrected chi connectivity index (χ3v) is 3.65. The molecule has 21 heavy (non-hydrogen) atoms. The lowest BCUT2D eigenvalue weighted by atomic mass is 9.93. The van der Waals surface area contributed by atoms with Gasteiger partial charge >= 0.3 is 0 Å². The first-order valence-corrected chi connectivity index (χ1v) is 7.13. The van der Waals surface area contributed by atoms with Crippen LogP contribution in [0, 0.1) is 12.7 Å². The number of unbranched alkanes of at least 4 members (excludes halogenated alkanes) is 1. The number of benzene rings is 2. The highest BCUT2D eigenvalue weighted by Crippen LogP contribution is 2.19. The molecule has 0 radical (unpaired) electrons. The van der Waals surface area contributed by atoms with Crippen molar-refractivity contribution >= 4 is 5.78 Å². The Bertz CT molecular complexity index is 618. The Morgan fingerprint density at radius 2 is 1.81 bits per heavy atom. The van der Waals surface area contributed by atoms with Gasteiger partial charge in [0.15, 0.2) is 5.78 Å². The minimum atomic E-state index is -0.346. The number of hydrogen-bond donors (Lipinski definition) is 1. The highest BCUT2D eigenvalue weighted by atomic mass is 19.1. The zero-order chi connectivity index (χ0) is 15.2. The first-order chi connectivity index (χ1) is 10.1. The number of ketones is 1. The Kier molecular flexibility index (Phi) is 5.23. The summed E-state index contributed by atoms with van der Waals surface area (Å²) in [6.07, 6.45) is 2.50. The fraction of sp³-hybridized carbons (Fsp3) is 0.278. The number of hydrogen-bond acceptors (Lipinski definition) is 2. The van der Waals surface area contributed by atoms with E-state index >= 15 is 0 Å². The molecule has 0 aliphatic rings. The smallest absolute Gasteiger partial charge is 0.193 e. The van der Waals surface area contributed by atoms with E-state index in [9.17, 15) is 9.18 Å². The predicted octanol–water partition coefficient (Wildman–Crippen LogP) is 3.68. The lowest BCUT2D eigenvalue weighted by molar-refractivity contribution is 0.103. The van der Waals surface area contributed by atoms with Gasteiger partial charge in [-0.25, -0.2) is 4.39 Å². The molecule has 0 heterocycles. The molecule has 0 aliphatic carbocycles. The molecule has 0 fully saturated rings. The number of aliphatic hydroxyl groups is 1. The number of rotatable bonds is 6. The number of carbonyl (C=O) groups excluding carboxylic acids is 1. The molecule has 0 amide bonds. The molecule has 1 N–H and O–H groups in total. The Hall–Kier alpha value is -2.00. The van der Waals surface area contributed by atoms with Crippen LogP contribution in [0.1, 0.15) is 39.9 Å². The molecule has 0 aliphatic heterocycles. The van der Waals surface area contributed by atoms with Crippen LogP contribution in [0.2, 0.25) is 0 Å². The van der Waals surface area contributed by atoms with E-state index in [4.69, 9.17) is 5.11 Å². The van der Waals surface area contributed by atoms with Crippen LogP contribution < -0.4 is 0 Å². The molecule has 0 saturated heterocycles. The van der Waals surface area contributed by atoms with E-state index in [0.29, 0.717) is 11.1 Å². The molecule has 0 aromatic heterocycles. The summed E-state index contributed by atoms with van der Waals surface area (Å²) < 4.78 is 12.9. The monoisotopic (exact) mass is 286 g/mol. The van der Waals surface area contributed by atoms with Gasteiger partial charge in [0, 0.05) is 17.7 Å². The van der Waals surface area contributed by atoms with Crippen molar-refractivity contribution in [2.24, 2.45) is 0 Å². The zero-order valence-corrected chi connectivity index (χ0v) is 12.1. The van der Waals surface area contributed by atoms with Crippen LogP contribution in [0.25, 0.3) is 0 Å². The van der Waals surface area contributed by atoms with E-state index in [1.165, 1.54) is 24.3 Å². The Morgan fingerprint density at radius 3 is 2.48 bits per heavy atom. The summed E-state index contributed by atoms with van der Waals surface area (Å²) >= 11 is 0. The topological polar surface area (TPSA) is 37.3 Å². The standard InChI is InChI=1S/C18H19FO2/c1-13-14(5-2-3-12-20)6-4-7-17(13)18(21)15-8-10-16(19)11-9-15/h4,6-11,20H,2-3,5,12H2,1H3. The van der Waals surface area contributed by atoms with Gasteiger partial charge in [0.1, 0.15) is 5.82 Å². The molecule has 2 aromatic carbocycles. The Morgan fingerprint density at radius 1 is 1.10 bits per heavy atom.